The van der Waals surface area contributed by atoms with Crippen molar-refractivity contribution in [2.75, 3.05) is 26.2 Å². The molecule has 1 aliphatic heterocycles. The summed E-state index contributed by atoms with van der Waals surface area (Å²) in [6.45, 7) is 6.09. The van der Waals surface area contributed by atoms with Gasteiger partial charge in [0.15, 0.2) is 0 Å². The molecule has 0 spiro atoms. The minimum absolute atomic E-state index is 0.748. The van der Waals surface area contributed by atoms with E-state index in [0.29, 0.717) is 0 Å². The molecule has 1 rings (SSSR count). The van der Waals surface area contributed by atoms with Crippen LogP contribution in [0.5, 0.6) is 0 Å². The van der Waals surface area contributed by atoms with Crippen LogP contribution in [-0.2, 0) is 0 Å². The zero-order valence-electron chi connectivity index (χ0n) is 16.4. The molecule has 0 amide bonds. The highest BCUT2D eigenvalue weighted by Gasteiger charge is 2.14. The first kappa shape index (κ1) is 21.5. The van der Waals surface area contributed by atoms with Gasteiger partial charge in [0.1, 0.15) is 0 Å². The summed E-state index contributed by atoms with van der Waals surface area (Å²) in [6.07, 6.45) is 21.1. The van der Waals surface area contributed by atoms with E-state index in [0.717, 1.165) is 32.6 Å². The van der Waals surface area contributed by atoms with Gasteiger partial charge in [-0.05, 0) is 6.42 Å². The average Bonchev–Trinajstić information content (AvgIpc) is 3.03. The maximum Gasteiger partial charge on any atom is 0.0990 e. The van der Waals surface area contributed by atoms with Crippen LogP contribution in [0.1, 0.15) is 103 Å². The van der Waals surface area contributed by atoms with Gasteiger partial charge in [0.25, 0.3) is 0 Å². The van der Waals surface area contributed by atoms with Gasteiger partial charge in [-0.15, -0.1) is 0 Å². The molecular weight excluding hydrogens is 294 g/mol. The van der Waals surface area contributed by atoms with Crippen LogP contribution < -0.4 is 5.73 Å². The van der Waals surface area contributed by atoms with E-state index in [-0.39, 0.29) is 0 Å². The number of hydrogen-bond donors (Lipinski definition) is 1. The molecule has 142 valence electrons. The Kier molecular flexibility index (Phi) is 14.3. The Morgan fingerprint density at radius 2 is 1.29 bits per heavy atom. The zero-order chi connectivity index (χ0) is 17.3. The summed E-state index contributed by atoms with van der Waals surface area (Å²) in [5, 5.41) is 0. The molecule has 0 saturated carbocycles. The van der Waals surface area contributed by atoms with E-state index in [2.05, 4.69) is 16.8 Å². The minimum atomic E-state index is 0.748. The van der Waals surface area contributed by atoms with E-state index in [9.17, 15) is 0 Å². The van der Waals surface area contributed by atoms with E-state index in [1.54, 1.807) is 0 Å². The Morgan fingerprint density at radius 3 is 1.79 bits per heavy atom. The third-order valence-electron chi connectivity index (χ3n) is 5.18. The Morgan fingerprint density at radius 1 is 0.792 bits per heavy atom. The van der Waals surface area contributed by atoms with Crippen molar-refractivity contribution in [2.24, 2.45) is 10.7 Å². The van der Waals surface area contributed by atoms with Crippen LogP contribution in [0.25, 0.3) is 0 Å². The normalized spacial score (nSPS) is 14.4. The molecule has 0 radical (unpaired) electrons. The fourth-order valence-corrected chi connectivity index (χ4v) is 3.64. The quantitative estimate of drug-likeness (QED) is 0.354. The van der Waals surface area contributed by atoms with E-state index in [4.69, 9.17) is 5.73 Å². The van der Waals surface area contributed by atoms with Crippen molar-refractivity contribution in [3.05, 3.63) is 0 Å². The predicted molar refractivity (Wildman–Crippen MR) is 108 cm³/mol. The molecule has 1 heterocycles. The first-order valence-electron chi connectivity index (χ1n) is 10.9. The van der Waals surface area contributed by atoms with Crippen molar-refractivity contribution >= 4 is 5.84 Å². The van der Waals surface area contributed by atoms with Crippen LogP contribution in [0.4, 0.5) is 0 Å². The number of unbranched alkanes of at least 4 members (excludes halogenated alkanes) is 13. The summed E-state index contributed by atoms with van der Waals surface area (Å²) in [5.74, 6) is 1.32. The summed E-state index contributed by atoms with van der Waals surface area (Å²) in [6, 6.07) is 0. The van der Waals surface area contributed by atoms with E-state index in [1.165, 1.54) is 95.7 Å². The van der Waals surface area contributed by atoms with Crippen LogP contribution >= 0.6 is 0 Å². The lowest BCUT2D eigenvalue weighted by atomic mass is 10.0. The fourth-order valence-electron chi connectivity index (χ4n) is 3.64. The van der Waals surface area contributed by atoms with Crippen molar-refractivity contribution in [1.29, 1.82) is 0 Å². The molecule has 0 aromatic rings. The van der Waals surface area contributed by atoms with E-state index >= 15 is 0 Å². The van der Waals surface area contributed by atoms with Gasteiger partial charge < -0.3 is 10.6 Å². The second-order valence-corrected chi connectivity index (χ2v) is 7.42. The number of nitrogens with zero attached hydrogens (tertiary/aromatic N) is 2. The summed E-state index contributed by atoms with van der Waals surface area (Å²) in [4.78, 5) is 7.00. The standard InChI is InChI=1S/C21H43N3/c1-2-3-4-5-6-7-8-9-10-11-12-13-14-15-16-21-23-18-20-24(21)19-17-22/h2-20,22H2,1H3. The predicted octanol–water partition coefficient (Wildman–Crippen LogP) is 5.53. The second-order valence-electron chi connectivity index (χ2n) is 7.42. The van der Waals surface area contributed by atoms with Gasteiger partial charge in [-0.2, -0.15) is 0 Å². The third kappa shape index (κ3) is 11.1. The lowest BCUT2D eigenvalue weighted by molar-refractivity contribution is 0.455. The Bertz CT molecular complexity index is 301. The molecular formula is C21H43N3. The molecule has 0 atom stereocenters. The molecule has 0 fully saturated rings. The first-order valence-corrected chi connectivity index (χ1v) is 10.9. The van der Waals surface area contributed by atoms with Crippen LogP contribution in [-0.4, -0.2) is 36.9 Å². The largest absolute Gasteiger partial charge is 0.357 e. The summed E-state index contributed by atoms with van der Waals surface area (Å²) < 4.78 is 0. The van der Waals surface area contributed by atoms with Gasteiger partial charge >= 0.3 is 0 Å². The summed E-state index contributed by atoms with van der Waals surface area (Å²) in [5.41, 5.74) is 5.65. The number of rotatable bonds is 17. The van der Waals surface area contributed by atoms with Crippen molar-refractivity contribution in [2.45, 2.75) is 103 Å². The van der Waals surface area contributed by atoms with Crippen LogP contribution in [0.3, 0.4) is 0 Å². The number of aliphatic imine (C=N–C) groups is 1. The van der Waals surface area contributed by atoms with Gasteiger partial charge in [0.2, 0.25) is 0 Å². The highest BCUT2D eigenvalue weighted by molar-refractivity contribution is 5.83. The second kappa shape index (κ2) is 15.9. The van der Waals surface area contributed by atoms with Crippen molar-refractivity contribution < 1.29 is 0 Å². The smallest absolute Gasteiger partial charge is 0.0990 e. The van der Waals surface area contributed by atoms with Crippen molar-refractivity contribution in [3.8, 4) is 0 Å². The van der Waals surface area contributed by atoms with E-state index in [1.807, 2.05) is 0 Å². The molecule has 24 heavy (non-hydrogen) atoms. The fraction of sp³-hybridized carbons (Fsp3) is 0.952. The minimum Gasteiger partial charge on any atom is -0.357 e. The Hall–Kier alpha value is -0.570. The lowest BCUT2D eigenvalue weighted by Crippen LogP contribution is -2.32. The Balaban J connectivity index is 1.78. The third-order valence-corrected chi connectivity index (χ3v) is 5.18. The van der Waals surface area contributed by atoms with E-state index < -0.39 is 0 Å². The Labute approximate surface area is 151 Å². The summed E-state index contributed by atoms with van der Waals surface area (Å²) in [7, 11) is 0. The molecule has 3 heteroatoms. The van der Waals surface area contributed by atoms with Crippen LogP contribution in [0.2, 0.25) is 0 Å². The van der Waals surface area contributed by atoms with Gasteiger partial charge in [-0.3, -0.25) is 4.99 Å². The first-order chi connectivity index (χ1) is 11.9. The van der Waals surface area contributed by atoms with Gasteiger partial charge in [-0.1, -0.05) is 90.4 Å². The highest BCUT2D eigenvalue weighted by atomic mass is 15.2. The zero-order valence-corrected chi connectivity index (χ0v) is 16.4. The molecule has 3 nitrogen and oxygen atoms in total. The molecule has 0 aliphatic carbocycles. The van der Waals surface area contributed by atoms with Gasteiger partial charge in [0.05, 0.1) is 12.4 Å². The molecule has 0 saturated heterocycles. The number of nitrogens with two attached hydrogens (primary N) is 1. The average molecular weight is 338 g/mol. The molecule has 0 unspecified atom stereocenters. The van der Waals surface area contributed by atoms with Crippen molar-refractivity contribution in [1.82, 2.24) is 4.90 Å². The van der Waals surface area contributed by atoms with Gasteiger partial charge in [0, 0.05) is 26.1 Å². The maximum absolute atomic E-state index is 5.65. The molecule has 0 aromatic carbocycles. The number of amidine groups is 1. The molecule has 0 aromatic heterocycles. The lowest BCUT2D eigenvalue weighted by Gasteiger charge is -2.19. The molecule has 2 N–H and O–H groups in total. The monoisotopic (exact) mass is 337 g/mol. The summed E-state index contributed by atoms with van der Waals surface area (Å²) >= 11 is 0. The van der Waals surface area contributed by atoms with Crippen LogP contribution in [0, 0.1) is 0 Å². The van der Waals surface area contributed by atoms with Gasteiger partial charge in [-0.25, -0.2) is 0 Å². The molecule has 1 aliphatic rings. The number of hydrogen-bond acceptors (Lipinski definition) is 3. The van der Waals surface area contributed by atoms with Crippen molar-refractivity contribution in [3.63, 3.8) is 0 Å². The molecule has 0 bridgehead atoms. The van der Waals surface area contributed by atoms with Crippen LogP contribution in [0.15, 0.2) is 4.99 Å². The maximum atomic E-state index is 5.65. The SMILES string of the molecule is CCCCCCCCCCCCCCCCC1=NCCN1CCN. The highest BCUT2D eigenvalue weighted by Crippen LogP contribution is 2.14. The topological polar surface area (TPSA) is 41.6 Å².